The van der Waals surface area contributed by atoms with Crippen molar-refractivity contribution in [2.24, 2.45) is 0 Å². The summed E-state index contributed by atoms with van der Waals surface area (Å²) in [7, 11) is 0. The van der Waals surface area contributed by atoms with Gasteiger partial charge < -0.3 is 14.6 Å². The van der Waals surface area contributed by atoms with E-state index in [4.69, 9.17) is 4.42 Å². The Morgan fingerprint density at radius 3 is 2.43 bits per heavy atom. The molecule has 0 bridgehead atoms. The Morgan fingerprint density at radius 1 is 1.00 bits per heavy atom. The Balaban J connectivity index is 2.27. The summed E-state index contributed by atoms with van der Waals surface area (Å²) in [6, 6.07) is 12.1. The predicted molar refractivity (Wildman–Crippen MR) is 75.7 cm³/mol. The Hall–Kier alpha value is -3.08. The van der Waals surface area contributed by atoms with E-state index in [9.17, 15) is 19.8 Å². The maximum Gasteiger partial charge on any atom is 0.351 e. The van der Waals surface area contributed by atoms with Crippen molar-refractivity contribution in [1.82, 2.24) is 0 Å². The molecule has 0 spiro atoms. The van der Waals surface area contributed by atoms with Gasteiger partial charge in [-0.2, -0.15) is 0 Å². The van der Waals surface area contributed by atoms with E-state index in [1.54, 1.807) is 30.3 Å². The van der Waals surface area contributed by atoms with Gasteiger partial charge in [0.1, 0.15) is 17.1 Å². The highest BCUT2D eigenvalue weighted by molar-refractivity contribution is 6.12. The topological polar surface area (TPSA) is 87.7 Å². The fourth-order valence-corrected chi connectivity index (χ4v) is 2.11. The number of carbonyl (C=O) groups is 1. The molecule has 0 aliphatic rings. The van der Waals surface area contributed by atoms with Gasteiger partial charge in [-0.3, -0.25) is 4.79 Å². The molecule has 0 aliphatic heterocycles. The molecule has 3 rings (SSSR count). The first-order valence-corrected chi connectivity index (χ1v) is 6.16. The number of hydrogen-bond acceptors (Lipinski definition) is 5. The Labute approximate surface area is 118 Å². The molecular formula is C16H10O5. The molecule has 104 valence electrons. The third-order valence-corrected chi connectivity index (χ3v) is 3.13. The number of phenolic OH excluding ortho intramolecular Hbond substituents is 1. The molecule has 2 N–H and O–H groups in total. The van der Waals surface area contributed by atoms with Crippen molar-refractivity contribution < 1.29 is 19.4 Å². The van der Waals surface area contributed by atoms with Crippen LogP contribution >= 0.6 is 0 Å². The van der Waals surface area contributed by atoms with Crippen LogP contribution in [0.4, 0.5) is 0 Å². The number of hydrogen-bond donors (Lipinski definition) is 2. The molecule has 21 heavy (non-hydrogen) atoms. The average Bonchev–Trinajstić information content (AvgIpc) is 2.47. The zero-order valence-corrected chi connectivity index (χ0v) is 10.7. The first-order chi connectivity index (χ1) is 10.1. The van der Waals surface area contributed by atoms with E-state index in [1.165, 1.54) is 18.2 Å². The summed E-state index contributed by atoms with van der Waals surface area (Å²) in [5.41, 5.74) is -1.07. The molecule has 0 saturated carbocycles. The van der Waals surface area contributed by atoms with Gasteiger partial charge in [0.15, 0.2) is 5.56 Å². The average molecular weight is 282 g/mol. The van der Waals surface area contributed by atoms with Crippen molar-refractivity contribution in [2.75, 3.05) is 0 Å². The van der Waals surface area contributed by atoms with E-state index in [1.807, 2.05) is 0 Å². The second kappa shape index (κ2) is 4.79. The lowest BCUT2D eigenvalue weighted by molar-refractivity contribution is 0.103. The van der Waals surface area contributed by atoms with Gasteiger partial charge in [0, 0.05) is 11.6 Å². The summed E-state index contributed by atoms with van der Waals surface area (Å²) in [6.07, 6.45) is 0. The summed E-state index contributed by atoms with van der Waals surface area (Å²) < 4.78 is 5.00. The van der Waals surface area contributed by atoms with Crippen molar-refractivity contribution in [3.05, 3.63) is 70.1 Å². The highest BCUT2D eigenvalue weighted by atomic mass is 16.4. The van der Waals surface area contributed by atoms with Gasteiger partial charge in [0.25, 0.3) is 0 Å². The van der Waals surface area contributed by atoms with Crippen LogP contribution in [0.15, 0.2) is 57.7 Å². The van der Waals surface area contributed by atoms with Crippen molar-refractivity contribution in [3.63, 3.8) is 0 Å². The lowest BCUT2D eigenvalue weighted by Crippen LogP contribution is -2.15. The molecule has 0 saturated heterocycles. The van der Waals surface area contributed by atoms with E-state index in [2.05, 4.69) is 0 Å². The van der Waals surface area contributed by atoms with Gasteiger partial charge in [0.05, 0.1) is 5.39 Å². The predicted octanol–water partition coefficient (Wildman–Crippen LogP) is 2.44. The molecule has 1 aromatic heterocycles. The molecule has 5 nitrogen and oxygen atoms in total. The largest absolute Gasteiger partial charge is 0.508 e. The minimum atomic E-state index is -0.945. The number of fused-ring (bicyclic) bond motifs is 1. The third-order valence-electron chi connectivity index (χ3n) is 3.13. The van der Waals surface area contributed by atoms with Crippen molar-refractivity contribution in [3.8, 4) is 11.5 Å². The van der Waals surface area contributed by atoms with Crippen LogP contribution in [-0.2, 0) is 0 Å². The second-order valence-electron chi connectivity index (χ2n) is 4.49. The number of benzene rings is 2. The van der Waals surface area contributed by atoms with E-state index in [0.29, 0.717) is 0 Å². The number of rotatable bonds is 2. The fourth-order valence-electron chi connectivity index (χ4n) is 2.11. The molecule has 5 heteroatoms. The zero-order chi connectivity index (χ0) is 15.0. The number of ketones is 1. The van der Waals surface area contributed by atoms with Gasteiger partial charge in [-0.1, -0.05) is 30.3 Å². The standard InChI is InChI=1S/C16H10O5/c17-10-6-7-11-12(8-10)21-16(20)13(15(11)19)14(18)9-4-2-1-3-5-9/h1-8,17,19H. The Bertz CT molecular complexity index is 894. The molecule has 3 aromatic rings. The molecule has 2 aromatic carbocycles. The first-order valence-electron chi connectivity index (χ1n) is 6.16. The van der Waals surface area contributed by atoms with Crippen LogP contribution in [0.5, 0.6) is 11.5 Å². The molecule has 0 radical (unpaired) electrons. The summed E-state index contributed by atoms with van der Waals surface area (Å²) in [6.45, 7) is 0. The van der Waals surface area contributed by atoms with Crippen LogP contribution in [0.3, 0.4) is 0 Å². The van der Waals surface area contributed by atoms with Crippen LogP contribution in [0.25, 0.3) is 11.0 Å². The van der Waals surface area contributed by atoms with Gasteiger partial charge in [-0.05, 0) is 12.1 Å². The highest BCUT2D eigenvalue weighted by Gasteiger charge is 2.22. The van der Waals surface area contributed by atoms with Crippen molar-refractivity contribution >= 4 is 16.8 Å². The van der Waals surface area contributed by atoms with Gasteiger partial charge in [-0.15, -0.1) is 0 Å². The van der Waals surface area contributed by atoms with E-state index < -0.39 is 22.7 Å². The minimum absolute atomic E-state index is 0.0158. The zero-order valence-electron chi connectivity index (χ0n) is 10.7. The van der Waals surface area contributed by atoms with Crippen molar-refractivity contribution in [1.29, 1.82) is 0 Å². The van der Waals surface area contributed by atoms with Gasteiger partial charge in [0.2, 0.25) is 5.78 Å². The van der Waals surface area contributed by atoms with Gasteiger partial charge >= 0.3 is 5.63 Å². The Kier molecular flexibility index (Phi) is 2.95. The van der Waals surface area contributed by atoms with Crippen LogP contribution in [0, 0.1) is 0 Å². The maximum atomic E-state index is 12.3. The number of phenols is 1. The quantitative estimate of drug-likeness (QED) is 0.556. The van der Waals surface area contributed by atoms with Crippen LogP contribution < -0.4 is 5.63 Å². The van der Waals surface area contributed by atoms with Gasteiger partial charge in [-0.25, -0.2) is 4.79 Å². The lowest BCUT2D eigenvalue weighted by Gasteiger charge is -2.06. The SMILES string of the molecule is O=C(c1ccccc1)c1c(O)c2ccc(O)cc2oc1=O. The summed E-state index contributed by atoms with van der Waals surface area (Å²) >= 11 is 0. The minimum Gasteiger partial charge on any atom is -0.508 e. The summed E-state index contributed by atoms with van der Waals surface area (Å²) in [5, 5.41) is 19.7. The van der Waals surface area contributed by atoms with Crippen molar-refractivity contribution in [2.45, 2.75) is 0 Å². The molecular weight excluding hydrogens is 272 g/mol. The smallest absolute Gasteiger partial charge is 0.351 e. The molecule has 0 unspecified atom stereocenters. The molecule has 0 aliphatic carbocycles. The van der Waals surface area contributed by atoms with E-state index in [-0.39, 0.29) is 22.3 Å². The molecule has 0 fully saturated rings. The molecule has 0 atom stereocenters. The van der Waals surface area contributed by atoms with E-state index in [0.717, 1.165) is 0 Å². The maximum absolute atomic E-state index is 12.3. The Morgan fingerprint density at radius 2 is 1.71 bits per heavy atom. The third kappa shape index (κ3) is 2.14. The monoisotopic (exact) mass is 282 g/mol. The van der Waals surface area contributed by atoms with Crippen LogP contribution in [0.2, 0.25) is 0 Å². The van der Waals surface area contributed by atoms with Crippen LogP contribution in [0.1, 0.15) is 15.9 Å². The number of aromatic hydroxyl groups is 2. The van der Waals surface area contributed by atoms with Crippen LogP contribution in [-0.4, -0.2) is 16.0 Å². The van der Waals surface area contributed by atoms with E-state index >= 15 is 0 Å². The summed E-state index contributed by atoms with van der Waals surface area (Å²) in [4.78, 5) is 24.3. The first kappa shape index (κ1) is 12.9. The number of carbonyl (C=O) groups excluding carboxylic acids is 1. The fraction of sp³-hybridized carbons (Fsp3) is 0. The lowest BCUT2D eigenvalue weighted by atomic mass is 10.0. The molecule has 0 amide bonds. The second-order valence-corrected chi connectivity index (χ2v) is 4.49. The summed E-state index contributed by atoms with van der Waals surface area (Å²) in [5.74, 6) is -1.17. The normalized spacial score (nSPS) is 10.7. The molecule has 1 heterocycles. The highest BCUT2D eigenvalue weighted by Crippen LogP contribution is 2.29.